The minimum Gasteiger partial charge on any atom is -0.344 e. The van der Waals surface area contributed by atoms with E-state index in [1.165, 1.54) is 58.9 Å². The molecule has 1 nitrogen and oxygen atoms in total. The summed E-state index contributed by atoms with van der Waals surface area (Å²) in [6.45, 7) is 0. The quantitative estimate of drug-likeness (QED) is 0.253. The van der Waals surface area contributed by atoms with Gasteiger partial charge in [-0.05, 0) is 57.2 Å². The fraction of sp³-hybridized carbons (Fsp3) is 0.0345. The van der Waals surface area contributed by atoms with Crippen LogP contribution < -0.4 is 0 Å². The van der Waals surface area contributed by atoms with Gasteiger partial charge in [0.1, 0.15) is 0 Å². The lowest BCUT2D eigenvalue weighted by molar-refractivity contribution is 1.02. The van der Waals surface area contributed by atoms with Gasteiger partial charge in [0.05, 0.1) is 0 Å². The van der Waals surface area contributed by atoms with Crippen LogP contribution in [0.4, 0.5) is 0 Å². The molecule has 1 atom stereocenters. The van der Waals surface area contributed by atoms with Crippen LogP contribution >= 0.6 is 7.53 Å². The van der Waals surface area contributed by atoms with E-state index in [0.717, 1.165) is 0 Å². The van der Waals surface area contributed by atoms with E-state index in [2.05, 4.69) is 115 Å². The Balaban J connectivity index is 1.75. The van der Waals surface area contributed by atoms with Crippen LogP contribution in [-0.2, 0) is 7.05 Å². The molecule has 31 heavy (non-hydrogen) atoms. The molecule has 0 aliphatic carbocycles. The average Bonchev–Trinajstić information content (AvgIpc) is 3.28. The summed E-state index contributed by atoms with van der Waals surface area (Å²) in [6, 6.07) is 38.3. The number of rotatable bonds is 1. The zero-order chi connectivity index (χ0) is 20.5. The Hall–Kier alpha value is -3.54. The zero-order valence-electron chi connectivity index (χ0n) is 17.2. The van der Waals surface area contributed by atoms with Gasteiger partial charge in [-0.15, -0.1) is 0 Å². The van der Waals surface area contributed by atoms with Gasteiger partial charge < -0.3 is 4.57 Å². The number of aromatic nitrogens is 1. The third-order valence-corrected chi connectivity index (χ3v) is 9.20. The van der Waals surface area contributed by atoms with Gasteiger partial charge in [0.15, 0.2) is 0 Å². The normalized spacial score (nSPS) is 12.6. The number of para-hydroxylation sites is 1. The number of aryl methyl sites for hydroxylation is 1. The van der Waals surface area contributed by atoms with E-state index in [1.807, 2.05) is 0 Å². The highest BCUT2D eigenvalue weighted by atomic mass is 31.1. The van der Waals surface area contributed by atoms with Crippen LogP contribution in [0.25, 0.3) is 58.9 Å². The van der Waals surface area contributed by atoms with Crippen molar-refractivity contribution in [3.63, 3.8) is 0 Å². The molecule has 0 saturated carbocycles. The molecule has 7 rings (SSSR count). The lowest BCUT2D eigenvalue weighted by atomic mass is 10.1. The van der Waals surface area contributed by atoms with Crippen LogP contribution in [0.5, 0.6) is 0 Å². The molecule has 0 saturated heterocycles. The first-order valence-corrected chi connectivity index (χ1v) is 12.0. The third kappa shape index (κ3) is 2.33. The van der Waals surface area contributed by atoms with Gasteiger partial charge in [-0.2, -0.15) is 0 Å². The monoisotopic (exact) mass is 413 g/mol. The Morgan fingerprint density at radius 3 is 2.00 bits per heavy atom. The molecule has 0 spiro atoms. The first-order chi connectivity index (χ1) is 15.3. The van der Waals surface area contributed by atoms with E-state index in [-0.39, 0.29) is 0 Å². The molecular formula is C29H20NP. The van der Waals surface area contributed by atoms with Gasteiger partial charge in [-0.3, -0.25) is 0 Å². The standard InChI is InChI=1S/C29H20NP/c1-30-26-14-8-7-13-22(26)23-18-29-25(17-27(23)30)24-15-19-9-5-6-10-20(19)16-28(24)31(29)21-11-3-2-4-12-21/h2-18H,1H3. The summed E-state index contributed by atoms with van der Waals surface area (Å²) in [5.74, 6) is 0. The molecule has 2 heteroatoms. The van der Waals surface area contributed by atoms with Crippen molar-refractivity contribution in [3.8, 4) is 5.30 Å². The molecule has 0 aliphatic rings. The van der Waals surface area contributed by atoms with Crippen molar-refractivity contribution < 1.29 is 0 Å². The predicted molar refractivity (Wildman–Crippen MR) is 137 cm³/mol. The maximum Gasteiger partial charge on any atom is 0.0495 e. The maximum atomic E-state index is 2.48. The summed E-state index contributed by atoms with van der Waals surface area (Å²) in [7, 11) is 1.61. The number of nitrogens with zero attached hydrogens (tertiary/aromatic N) is 1. The highest BCUT2D eigenvalue weighted by Gasteiger charge is 2.17. The minimum atomic E-state index is -0.574. The second-order valence-electron chi connectivity index (χ2n) is 8.35. The van der Waals surface area contributed by atoms with Crippen molar-refractivity contribution in [1.82, 2.24) is 4.57 Å². The molecule has 2 aromatic heterocycles. The zero-order valence-corrected chi connectivity index (χ0v) is 18.1. The molecule has 0 bridgehead atoms. The van der Waals surface area contributed by atoms with Crippen molar-refractivity contribution in [3.05, 3.63) is 103 Å². The Kier molecular flexibility index (Phi) is 3.45. The number of hydrogen-bond donors (Lipinski definition) is 0. The van der Waals surface area contributed by atoms with Gasteiger partial charge in [-0.25, -0.2) is 0 Å². The van der Waals surface area contributed by atoms with Crippen molar-refractivity contribution in [2.24, 2.45) is 7.05 Å². The molecule has 7 aromatic rings. The minimum absolute atomic E-state index is 0.574. The van der Waals surface area contributed by atoms with Crippen molar-refractivity contribution in [2.45, 2.75) is 0 Å². The fourth-order valence-corrected chi connectivity index (χ4v) is 7.87. The molecule has 0 fully saturated rings. The van der Waals surface area contributed by atoms with Crippen LogP contribution in [0.1, 0.15) is 0 Å². The smallest absolute Gasteiger partial charge is 0.0495 e. The lowest BCUT2D eigenvalue weighted by Crippen LogP contribution is -1.85. The Morgan fingerprint density at radius 1 is 0.516 bits per heavy atom. The van der Waals surface area contributed by atoms with Gasteiger partial charge in [0, 0.05) is 39.1 Å². The highest BCUT2D eigenvalue weighted by molar-refractivity contribution is 7.68. The van der Waals surface area contributed by atoms with Gasteiger partial charge >= 0.3 is 0 Å². The van der Waals surface area contributed by atoms with Crippen molar-refractivity contribution >= 4 is 61.1 Å². The number of benzene rings is 5. The topological polar surface area (TPSA) is 4.93 Å². The van der Waals surface area contributed by atoms with Crippen LogP contribution in [0.3, 0.4) is 0 Å². The molecular weight excluding hydrogens is 393 g/mol. The largest absolute Gasteiger partial charge is 0.344 e. The van der Waals surface area contributed by atoms with Gasteiger partial charge in [-0.1, -0.05) is 80.3 Å². The lowest BCUT2D eigenvalue weighted by Gasteiger charge is -2.05. The average molecular weight is 413 g/mol. The second-order valence-corrected chi connectivity index (χ2v) is 10.5. The van der Waals surface area contributed by atoms with E-state index < -0.39 is 7.53 Å². The van der Waals surface area contributed by atoms with Gasteiger partial charge in [0.25, 0.3) is 0 Å². The van der Waals surface area contributed by atoms with Crippen LogP contribution in [0, 0.1) is 0 Å². The van der Waals surface area contributed by atoms with Crippen molar-refractivity contribution in [2.75, 3.05) is 0 Å². The molecule has 0 N–H and O–H groups in total. The second kappa shape index (κ2) is 6.23. The van der Waals surface area contributed by atoms with E-state index >= 15 is 0 Å². The Morgan fingerprint density at radius 2 is 1.16 bits per heavy atom. The SMILES string of the molecule is Cn1c2ccccc2c2cc3c(cc21)c1cc2ccccc2cc1p3-c1ccccc1. The summed E-state index contributed by atoms with van der Waals surface area (Å²) in [6.07, 6.45) is 0. The summed E-state index contributed by atoms with van der Waals surface area (Å²) in [4.78, 5) is 0. The van der Waals surface area contributed by atoms with Gasteiger partial charge in [0.2, 0.25) is 0 Å². The van der Waals surface area contributed by atoms with Crippen LogP contribution in [0.2, 0.25) is 0 Å². The first-order valence-electron chi connectivity index (χ1n) is 10.7. The van der Waals surface area contributed by atoms with Crippen LogP contribution in [0.15, 0.2) is 103 Å². The summed E-state index contributed by atoms with van der Waals surface area (Å²) in [5, 5.41) is 12.5. The third-order valence-electron chi connectivity index (χ3n) is 6.68. The van der Waals surface area contributed by atoms with E-state index in [4.69, 9.17) is 0 Å². The molecule has 0 radical (unpaired) electrons. The number of hydrogen-bond acceptors (Lipinski definition) is 0. The summed E-state index contributed by atoms with van der Waals surface area (Å²) >= 11 is 0. The fourth-order valence-electron chi connectivity index (χ4n) is 5.21. The maximum absolute atomic E-state index is 2.48. The van der Waals surface area contributed by atoms with E-state index in [0.29, 0.717) is 0 Å². The van der Waals surface area contributed by atoms with E-state index in [9.17, 15) is 0 Å². The Labute approximate surface area is 181 Å². The number of fused-ring (bicyclic) bond motifs is 7. The molecule has 146 valence electrons. The van der Waals surface area contributed by atoms with Crippen LogP contribution in [-0.4, -0.2) is 4.57 Å². The molecule has 5 aromatic carbocycles. The molecule has 0 amide bonds. The highest BCUT2D eigenvalue weighted by Crippen LogP contribution is 2.56. The molecule has 0 aliphatic heterocycles. The predicted octanol–water partition coefficient (Wildman–Crippen LogP) is 8.77. The summed E-state index contributed by atoms with van der Waals surface area (Å²) in [5.41, 5.74) is 2.60. The summed E-state index contributed by atoms with van der Waals surface area (Å²) < 4.78 is 2.34. The first kappa shape index (κ1) is 17.2. The molecule has 2 heterocycles. The Bertz CT molecular complexity index is 1780. The molecule has 1 unspecified atom stereocenters. The van der Waals surface area contributed by atoms with E-state index in [1.54, 1.807) is 0 Å². The van der Waals surface area contributed by atoms with Crippen molar-refractivity contribution in [1.29, 1.82) is 0 Å².